The molecule has 0 bridgehead atoms. The molecule has 0 unspecified atom stereocenters. The molecule has 0 atom stereocenters. The van der Waals surface area contributed by atoms with E-state index in [0.29, 0.717) is 13.7 Å². The van der Waals surface area contributed by atoms with Crippen LogP contribution < -0.4 is 0 Å². The van der Waals surface area contributed by atoms with Gasteiger partial charge < -0.3 is 0 Å². The number of hydrogen-bond acceptors (Lipinski definition) is 3. The minimum Gasteiger partial charge on any atom is -0.290 e. The Morgan fingerprint density at radius 1 is 1.32 bits per heavy atom. The summed E-state index contributed by atoms with van der Waals surface area (Å²) in [5, 5.41) is 0. The highest BCUT2D eigenvalue weighted by molar-refractivity contribution is 9.10. The molecular formula is C16H15BrFNOS2. The fourth-order valence-corrected chi connectivity index (χ4v) is 4.68. The lowest BCUT2D eigenvalue weighted by atomic mass is 9.94. The highest BCUT2D eigenvalue weighted by Gasteiger charge is 2.37. The summed E-state index contributed by atoms with van der Waals surface area (Å²) < 4.78 is 14.3. The summed E-state index contributed by atoms with van der Waals surface area (Å²) in [6, 6.07) is 4.96. The number of thioether (sulfide) groups is 1. The van der Waals surface area contributed by atoms with Crippen LogP contribution in [0.4, 0.5) is 4.39 Å². The molecule has 0 N–H and O–H groups in total. The van der Waals surface area contributed by atoms with Crippen molar-refractivity contribution in [2.24, 2.45) is 0 Å². The average molecular weight is 400 g/mol. The maximum atomic E-state index is 13.3. The van der Waals surface area contributed by atoms with Gasteiger partial charge in [0.05, 0.1) is 9.38 Å². The minimum absolute atomic E-state index is 0.0117. The average Bonchev–Trinajstić information content (AvgIpc) is 2.78. The number of carbonyl (C=O) groups excluding carboxylic acids is 1. The van der Waals surface area contributed by atoms with Crippen molar-refractivity contribution in [2.75, 3.05) is 0 Å². The van der Waals surface area contributed by atoms with Gasteiger partial charge in [-0.1, -0.05) is 49.3 Å². The van der Waals surface area contributed by atoms with Gasteiger partial charge >= 0.3 is 0 Å². The summed E-state index contributed by atoms with van der Waals surface area (Å²) >= 11 is 9.90. The molecule has 1 saturated carbocycles. The van der Waals surface area contributed by atoms with Crippen LogP contribution in [-0.2, 0) is 4.79 Å². The highest BCUT2D eigenvalue weighted by Crippen LogP contribution is 2.37. The van der Waals surface area contributed by atoms with E-state index in [1.165, 1.54) is 24.2 Å². The summed E-state index contributed by atoms with van der Waals surface area (Å²) in [4.78, 5) is 15.0. The van der Waals surface area contributed by atoms with Crippen LogP contribution in [0.15, 0.2) is 27.6 Å². The number of thiocarbonyl (C=S) groups is 1. The maximum absolute atomic E-state index is 13.3. The third-order valence-corrected chi connectivity index (χ3v) is 5.94. The van der Waals surface area contributed by atoms with Gasteiger partial charge in [-0.25, -0.2) is 4.39 Å². The zero-order valence-electron chi connectivity index (χ0n) is 11.9. The molecule has 6 heteroatoms. The number of halogens is 2. The van der Waals surface area contributed by atoms with Gasteiger partial charge in [-0.3, -0.25) is 9.69 Å². The van der Waals surface area contributed by atoms with Crippen molar-refractivity contribution in [3.05, 3.63) is 39.0 Å². The van der Waals surface area contributed by atoms with E-state index in [-0.39, 0.29) is 17.8 Å². The smallest absolute Gasteiger partial charge is 0.266 e. The molecule has 3 rings (SSSR count). The fourth-order valence-electron chi connectivity index (χ4n) is 2.89. The molecule has 0 spiro atoms. The summed E-state index contributed by atoms with van der Waals surface area (Å²) in [6.07, 6.45) is 7.40. The third kappa shape index (κ3) is 3.29. The van der Waals surface area contributed by atoms with Crippen LogP contribution in [0, 0.1) is 5.82 Å². The molecular weight excluding hydrogens is 385 g/mol. The van der Waals surface area contributed by atoms with Crippen LogP contribution in [0.3, 0.4) is 0 Å². The Morgan fingerprint density at radius 3 is 2.73 bits per heavy atom. The molecule has 116 valence electrons. The molecule has 22 heavy (non-hydrogen) atoms. The molecule has 1 amide bonds. The van der Waals surface area contributed by atoms with E-state index >= 15 is 0 Å². The van der Waals surface area contributed by atoms with Crippen LogP contribution in [0.2, 0.25) is 0 Å². The second-order valence-electron chi connectivity index (χ2n) is 5.52. The van der Waals surface area contributed by atoms with Crippen molar-refractivity contribution in [3.63, 3.8) is 0 Å². The lowest BCUT2D eigenvalue weighted by Crippen LogP contribution is -2.39. The quantitative estimate of drug-likeness (QED) is 0.508. The minimum atomic E-state index is -0.313. The molecule has 2 aliphatic rings. The van der Waals surface area contributed by atoms with Crippen LogP contribution >= 0.6 is 39.9 Å². The molecule has 0 radical (unpaired) electrons. The molecule has 2 nitrogen and oxygen atoms in total. The Bertz CT molecular complexity index is 656. The van der Waals surface area contributed by atoms with Crippen LogP contribution in [0.25, 0.3) is 6.08 Å². The maximum Gasteiger partial charge on any atom is 0.266 e. The summed E-state index contributed by atoms with van der Waals surface area (Å²) in [5.41, 5.74) is 0.789. The van der Waals surface area contributed by atoms with Gasteiger partial charge in [-0.15, -0.1) is 0 Å². The molecule has 1 heterocycles. The van der Waals surface area contributed by atoms with Gasteiger partial charge in [-0.05, 0) is 52.5 Å². The number of rotatable bonds is 2. The second-order valence-corrected chi connectivity index (χ2v) is 8.05. The van der Waals surface area contributed by atoms with Crippen molar-refractivity contribution in [2.45, 2.75) is 38.1 Å². The number of hydrogen-bond donors (Lipinski definition) is 0. The van der Waals surface area contributed by atoms with E-state index in [1.807, 2.05) is 0 Å². The first-order chi connectivity index (χ1) is 10.6. The van der Waals surface area contributed by atoms with Crippen molar-refractivity contribution >= 4 is 56.2 Å². The summed E-state index contributed by atoms with van der Waals surface area (Å²) in [6.45, 7) is 0. The van der Waals surface area contributed by atoms with E-state index in [2.05, 4.69) is 15.9 Å². The summed E-state index contributed by atoms with van der Waals surface area (Å²) in [5.74, 6) is -0.325. The number of amides is 1. The molecule has 1 aromatic rings. The van der Waals surface area contributed by atoms with Gasteiger partial charge in [0.15, 0.2) is 0 Å². The normalized spacial score (nSPS) is 21.9. The first-order valence-corrected chi connectivity index (χ1v) is 9.30. The molecule has 2 fully saturated rings. The van der Waals surface area contributed by atoms with Crippen LogP contribution in [-0.4, -0.2) is 21.2 Å². The highest BCUT2D eigenvalue weighted by atomic mass is 79.9. The Morgan fingerprint density at radius 2 is 2.05 bits per heavy atom. The van der Waals surface area contributed by atoms with E-state index in [9.17, 15) is 9.18 Å². The monoisotopic (exact) mass is 399 g/mol. The predicted molar refractivity (Wildman–Crippen MR) is 96.0 cm³/mol. The third-order valence-electron chi connectivity index (χ3n) is 4.00. The Hall–Kier alpha value is -0.720. The van der Waals surface area contributed by atoms with Crippen molar-refractivity contribution in [1.29, 1.82) is 0 Å². The van der Waals surface area contributed by atoms with E-state index in [0.717, 1.165) is 31.2 Å². The van der Waals surface area contributed by atoms with E-state index < -0.39 is 0 Å². The molecule has 1 aliphatic heterocycles. The first-order valence-electron chi connectivity index (χ1n) is 7.28. The van der Waals surface area contributed by atoms with E-state index in [4.69, 9.17) is 12.2 Å². The van der Waals surface area contributed by atoms with Crippen molar-refractivity contribution in [1.82, 2.24) is 4.90 Å². The number of carbonyl (C=O) groups is 1. The molecule has 0 aromatic heterocycles. The van der Waals surface area contributed by atoms with Gasteiger partial charge in [0.1, 0.15) is 10.1 Å². The first kappa shape index (κ1) is 16.1. The lowest BCUT2D eigenvalue weighted by molar-refractivity contribution is -0.124. The zero-order valence-corrected chi connectivity index (χ0v) is 15.1. The molecule has 1 saturated heterocycles. The molecule has 1 aliphatic carbocycles. The number of nitrogens with zero attached hydrogens (tertiary/aromatic N) is 1. The zero-order chi connectivity index (χ0) is 15.7. The predicted octanol–water partition coefficient (Wildman–Crippen LogP) is 5.12. The van der Waals surface area contributed by atoms with Crippen molar-refractivity contribution < 1.29 is 9.18 Å². The van der Waals surface area contributed by atoms with Crippen LogP contribution in [0.1, 0.15) is 37.7 Å². The Balaban J connectivity index is 1.83. The van der Waals surface area contributed by atoms with Gasteiger partial charge in [0.25, 0.3) is 5.91 Å². The SMILES string of the molecule is O=C1C(=Cc2ccc(F)c(Br)c2)SC(=S)N1C1CCCCC1. The van der Waals surface area contributed by atoms with Crippen LogP contribution in [0.5, 0.6) is 0 Å². The van der Waals surface area contributed by atoms with E-state index in [1.54, 1.807) is 23.1 Å². The van der Waals surface area contributed by atoms with Gasteiger partial charge in [-0.2, -0.15) is 0 Å². The fraction of sp³-hybridized carbons (Fsp3) is 0.375. The lowest BCUT2D eigenvalue weighted by Gasteiger charge is -2.29. The second kappa shape index (κ2) is 6.81. The Kier molecular flexibility index (Phi) is 5.00. The topological polar surface area (TPSA) is 20.3 Å². The molecule has 1 aromatic carbocycles. The Labute approximate surface area is 147 Å². The largest absolute Gasteiger partial charge is 0.290 e. The standard InChI is InChI=1S/C16H15BrFNOS2/c17-12-8-10(6-7-13(12)18)9-14-15(20)19(16(21)22-14)11-4-2-1-3-5-11/h6-9,11H,1-5H2. The van der Waals surface area contributed by atoms with Crippen molar-refractivity contribution in [3.8, 4) is 0 Å². The summed E-state index contributed by atoms with van der Waals surface area (Å²) in [7, 11) is 0. The van der Waals surface area contributed by atoms with Gasteiger partial charge in [0, 0.05) is 6.04 Å². The van der Waals surface area contributed by atoms with Gasteiger partial charge in [0.2, 0.25) is 0 Å². The number of benzene rings is 1.